The highest BCUT2D eigenvalue weighted by Gasteiger charge is 2.13. The highest BCUT2D eigenvalue weighted by atomic mass is 32.2. The molecule has 4 nitrogen and oxygen atoms in total. The average molecular weight is 268 g/mol. The van der Waals surface area contributed by atoms with Crippen LogP contribution in [0.15, 0.2) is 33.7 Å². The molecule has 2 aromatic rings. The number of hydrogen-bond acceptors (Lipinski definition) is 4. The average Bonchev–Trinajstić information content (AvgIpc) is 2.77. The number of rotatable bonds is 4. The fraction of sp³-hybridized carbons (Fsp3) is 0.333. The Kier molecular flexibility index (Phi) is 3.86. The van der Waals surface area contributed by atoms with Crippen LogP contribution in [0.1, 0.15) is 31.5 Å². The van der Waals surface area contributed by atoms with Crippen LogP contribution in [0.4, 0.5) is 4.39 Å². The molecular formula is C12H13FN2O2S. The third-order valence-electron chi connectivity index (χ3n) is 2.30. The lowest BCUT2D eigenvalue weighted by Crippen LogP contribution is -1.99. The highest BCUT2D eigenvalue weighted by Crippen LogP contribution is 2.15. The van der Waals surface area contributed by atoms with E-state index in [1.807, 2.05) is 13.8 Å². The second-order valence-corrected chi connectivity index (χ2v) is 5.60. The van der Waals surface area contributed by atoms with Crippen LogP contribution in [-0.4, -0.2) is 14.3 Å². The summed E-state index contributed by atoms with van der Waals surface area (Å²) in [7, 11) is -1.37. The Balaban J connectivity index is 2.11. The van der Waals surface area contributed by atoms with E-state index >= 15 is 0 Å². The molecule has 1 atom stereocenters. The Labute approximate surface area is 107 Å². The van der Waals surface area contributed by atoms with Gasteiger partial charge in [-0.05, 0) is 18.2 Å². The van der Waals surface area contributed by atoms with Crippen molar-refractivity contribution < 1.29 is 13.1 Å². The molecule has 0 bridgehead atoms. The maximum absolute atomic E-state index is 13.0. The van der Waals surface area contributed by atoms with Gasteiger partial charge in [0.1, 0.15) is 5.82 Å². The molecular weight excluding hydrogens is 255 g/mol. The zero-order valence-electron chi connectivity index (χ0n) is 10.1. The van der Waals surface area contributed by atoms with E-state index < -0.39 is 16.6 Å². The summed E-state index contributed by atoms with van der Waals surface area (Å²) in [5.74, 6) is 0.743. The first kappa shape index (κ1) is 12.9. The minimum Gasteiger partial charge on any atom is -0.339 e. The summed E-state index contributed by atoms with van der Waals surface area (Å²) in [5, 5.41) is 3.75. The summed E-state index contributed by atoms with van der Waals surface area (Å²) in [6, 6.07) is 5.70. The molecule has 0 N–H and O–H groups in total. The molecule has 0 amide bonds. The Hall–Kier alpha value is -1.56. The Morgan fingerprint density at radius 2 is 2.22 bits per heavy atom. The molecule has 0 saturated carbocycles. The molecule has 0 aliphatic rings. The fourth-order valence-corrected chi connectivity index (χ4v) is 2.36. The summed E-state index contributed by atoms with van der Waals surface area (Å²) in [6.07, 6.45) is 0. The van der Waals surface area contributed by atoms with Gasteiger partial charge in [0.2, 0.25) is 5.89 Å². The van der Waals surface area contributed by atoms with Gasteiger partial charge in [0.05, 0.1) is 16.6 Å². The van der Waals surface area contributed by atoms with E-state index in [4.69, 9.17) is 4.52 Å². The molecule has 1 heterocycles. The Bertz CT molecular complexity index is 569. The van der Waals surface area contributed by atoms with Crippen molar-refractivity contribution in [3.8, 4) is 0 Å². The quantitative estimate of drug-likeness (QED) is 0.855. The van der Waals surface area contributed by atoms with Crippen molar-refractivity contribution in [1.82, 2.24) is 10.1 Å². The van der Waals surface area contributed by atoms with Crippen LogP contribution in [-0.2, 0) is 16.6 Å². The van der Waals surface area contributed by atoms with E-state index in [1.54, 1.807) is 6.07 Å². The molecule has 0 radical (unpaired) electrons. The van der Waals surface area contributed by atoms with Gasteiger partial charge in [-0.1, -0.05) is 25.1 Å². The van der Waals surface area contributed by atoms with E-state index in [1.165, 1.54) is 18.2 Å². The summed E-state index contributed by atoms with van der Waals surface area (Å²) in [4.78, 5) is 4.56. The van der Waals surface area contributed by atoms with Crippen molar-refractivity contribution in [3.05, 3.63) is 41.8 Å². The first-order valence-electron chi connectivity index (χ1n) is 5.52. The van der Waals surface area contributed by atoms with Crippen molar-refractivity contribution in [3.63, 3.8) is 0 Å². The molecule has 0 aliphatic carbocycles. The molecule has 0 fully saturated rings. The van der Waals surface area contributed by atoms with Crippen LogP contribution in [0, 0.1) is 5.82 Å². The number of hydrogen-bond donors (Lipinski definition) is 0. The Morgan fingerprint density at radius 3 is 2.83 bits per heavy atom. The van der Waals surface area contributed by atoms with Crippen molar-refractivity contribution >= 4 is 10.8 Å². The molecule has 0 aliphatic heterocycles. The normalized spacial score (nSPS) is 12.9. The van der Waals surface area contributed by atoms with Crippen molar-refractivity contribution in [1.29, 1.82) is 0 Å². The van der Waals surface area contributed by atoms with Crippen molar-refractivity contribution in [2.24, 2.45) is 0 Å². The van der Waals surface area contributed by atoms with Crippen LogP contribution in [0.3, 0.4) is 0 Å². The molecule has 1 aromatic heterocycles. The van der Waals surface area contributed by atoms with Gasteiger partial charge in [0, 0.05) is 10.8 Å². The number of benzene rings is 1. The van der Waals surface area contributed by atoms with Crippen LogP contribution < -0.4 is 0 Å². The zero-order valence-corrected chi connectivity index (χ0v) is 10.9. The molecule has 1 aromatic carbocycles. The van der Waals surface area contributed by atoms with Crippen molar-refractivity contribution in [2.75, 3.05) is 0 Å². The third-order valence-corrected chi connectivity index (χ3v) is 3.60. The van der Waals surface area contributed by atoms with Gasteiger partial charge in [-0.3, -0.25) is 4.21 Å². The monoisotopic (exact) mass is 268 g/mol. The smallest absolute Gasteiger partial charge is 0.229 e. The first-order valence-corrected chi connectivity index (χ1v) is 6.84. The lowest BCUT2D eigenvalue weighted by molar-refractivity contribution is 0.362. The largest absolute Gasteiger partial charge is 0.339 e. The third kappa shape index (κ3) is 3.01. The zero-order chi connectivity index (χ0) is 13.1. The SMILES string of the molecule is CC(C)c1nc(CS(=O)c2cccc(F)c2)no1. The van der Waals surface area contributed by atoms with Crippen LogP contribution >= 0.6 is 0 Å². The predicted octanol–water partition coefficient (Wildman–Crippen LogP) is 2.64. The molecule has 2 rings (SSSR count). The minimum atomic E-state index is -1.37. The fourth-order valence-electron chi connectivity index (χ4n) is 1.37. The summed E-state index contributed by atoms with van der Waals surface area (Å²) in [6.45, 7) is 3.86. The minimum absolute atomic E-state index is 0.125. The van der Waals surface area contributed by atoms with Gasteiger partial charge < -0.3 is 4.52 Å². The van der Waals surface area contributed by atoms with Crippen LogP contribution in [0.2, 0.25) is 0 Å². The molecule has 18 heavy (non-hydrogen) atoms. The van der Waals surface area contributed by atoms with E-state index in [-0.39, 0.29) is 11.7 Å². The standard InChI is InChI=1S/C12H13FN2O2S/c1-8(2)12-14-11(15-17-12)7-18(16)10-5-3-4-9(13)6-10/h3-6,8H,7H2,1-2H3. The van der Waals surface area contributed by atoms with E-state index in [2.05, 4.69) is 10.1 Å². The van der Waals surface area contributed by atoms with E-state index in [9.17, 15) is 8.60 Å². The van der Waals surface area contributed by atoms with Gasteiger partial charge in [-0.25, -0.2) is 4.39 Å². The maximum atomic E-state index is 13.0. The molecule has 6 heteroatoms. The second kappa shape index (κ2) is 5.39. The number of nitrogens with zero attached hydrogens (tertiary/aromatic N) is 2. The number of halogens is 1. The lowest BCUT2D eigenvalue weighted by Gasteiger charge is -1.98. The van der Waals surface area contributed by atoms with Gasteiger partial charge >= 0.3 is 0 Å². The predicted molar refractivity (Wildman–Crippen MR) is 64.9 cm³/mol. The summed E-state index contributed by atoms with van der Waals surface area (Å²) >= 11 is 0. The maximum Gasteiger partial charge on any atom is 0.229 e. The molecule has 1 unspecified atom stereocenters. The molecule has 96 valence electrons. The lowest BCUT2D eigenvalue weighted by atomic mass is 10.2. The van der Waals surface area contributed by atoms with Gasteiger partial charge in [0.25, 0.3) is 0 Å². The molecule has 0 saturated heterocycles. The Morgan fingerprint density at radius 1 is 1.44 bits per heavy atom. The van der Waals surface area contributed by atoms with Gasteiger partial charge in [-0.15, -0.1) is 0 Å². The first-order chi connectivity index (χ1) is 8.56. The second-order valence-electron chi connectivity index (χ2n) is 4.15. The highest BCUT2D eigenvalue weighted by molar-refractivity contribution is 7.84. The van der Waals surface area contributed by atoms with Gasteiger partial charge in [0.15, 0.2) is 5.82 Å². The van der Waals surface area contributed by atoms with Crippen LogP contribution in [0.25, 0.3) is 0 Å². The number of aromatic nitrogens is 2. The van der Waals surface area contributed by atoms with Crippen molar-refractivity contribution in [2.45, 2.75) is 30.4 Å². The summed E-state index contributed by atoms with van der Waals surface area (Å²) < 4.78 is 30.0. The van der Waals surface area contributed by atoms with Gasteiger partial charge in [-0.2, -0.15) is 4.98 Å². The van der Waals surface area contributed by atoms with E-state index in [0.29, 0.717) is 16.6 Å². The van der Waals surface area contributed by atoms with E-state index in [0.717, 1.165) is 0 Å². The van der Waals surface area contributed by atoms with Crippen LogP contribution in [0.5, 0.6) is 0 Å². The molecule has 0 spiro atoms. The summed E-state index contributed by atoms with van der Waals surface area (Å²) in [5.41, 5.74) is 0. The topological polar surface area (TPSA) is 56.0 Å².